The molecule has 4 heteroatoms. The Morgan fingerprint density at radius 2 is 2.00 bits per heavy atom. The fourth-order valence-corrected chi connectivity index (χ4v) is 0.690. The monoisotopic (exact) mass is 153 g/mol. The van der Waals surface area contributed by atoms with Gasteiger partial charge in [0.1, 0.15) is 0 Å². The number of benzene rings is 1. The molecule has 0 amide bonds. The molecule has 0 heterocycles. The Bertz CT molecular complexity index is 245. The van der Waals surface area contributed by atoms with E-state index in [2.05, 4.69) is 10.5 Å². The molecule has 0 spiro atoms. The average molecular weight is 153 g/mol. The summed E-state index contributed by atoms with van der Waals surface area (Å²) in [7, 11) is 0. The summed E-state index contributed by atoms with van der Waals surface area (Å²) in [5.41, 5.74) is 5.78. The quantitative estimate of drug-likeness (QED) is 0.472. The van der Waals surface area contributed by atoms with Gasteiger partial charge in [-0.2, -0.15) is 0 Å². The Morgan fingerprint density at radius 1 is 1.36 bits per heavy atom. The van der Waals surface area contributed by atoms with Crippen molar-refractivity contribution in [2.45, 2.75) is 0 Å². The molecule has 0 bridgehead atoms. The minimum Gasteiger partial charge on any atom is -0.367 e. The first kappa shape index (κ1) is 7.53. The van der Waals surface area contributed by atoms with Crippen molar-refractivity contribution in [1.82, 2.24) is 0 Å². The van der Waals surface area contributed by atoms with Gasteiger partial charge < -0.3 is 11.1 Å². The summed E-state index contributed by atoms with van der Waals surface area (Å²) in [5.74, 6) is -0.240. The van der Waals surface area contributed by atoms with Gasteiger partial charge in [-0.15, -0.1) is 0 Å². The standard InChI is InChI=1S/C7H8FN3/c8-11-7(9)10-6-4-2-1-3-5-6/h1-5H,(H3,9,10,11). The third kappa shape index (κ3) is 2.25. The van der Waals surface area contributed by atoms with Crippen molar-refractivity contribution in [3.05, 3.63) is 30.3 Å². The van der Waals surface area contributed by atoms with E-state index < -0.39 is 0 Å². The van der Waals surface area contributed by atoms with Crippen molar-refractivity contribution in [2.24, 2.45) is 10.9 Å². The van der Waals surface area contributed by atoms with E-state index in [0.717, 1.165) is 0 Å². The first-order valence-electron chi connectivity index (χ1n) is 3.09. The van der Waals surface area contributed by atoms with Crippen LogP contribution in [-0.4, -0.2) is 5.96 Å². The predicted octanol–water partition coefficient (Wildman–Crippen LogP) is 1.30. The molecule has 58 valence electrons. The number of halogens is 1. The topological polar surface area (TPSA) is 50.4 Å². The van der Waals surface area contributed by atoms with Gasteiger partial charge in [-0.3, -0.25) is 0 Å². The van der Waals surface area contributed by atoms with Gasteiger partial charge in [-0.05, 0) is 12.1 Å². The van der Waals surface area contributed by atoms with Crippen LogP contribution in [0.5, 0.6) is 0 Å². The Morgan fingerprint density at radius 3 is 2.55 bits per heavy atom. The Kier molecular flexibility index (Phi) is 2.43. The Labute approximate surface area is 63.7 Å². The fraction of sp³-hybridized carbons (Fsp3) is 0. The molecule has 0 fully saturated rings. The normalized spacial score (nSPS) is 11.2. The van der Waals surface area contributed by atoms with E-state index >= 15 is 0 Å². The molecule has 3 nitrogen and oxygen atoms in total. The number of nitrogens with two attached hydrogens (primary N) is 1. The van der Waals surface area contributed by atoms with Gasteiger partial charge in [-0.1, -0.05) is 27.9 Å². The zero-order chi connectivity index (χ0) is 8.10. The molecule has 1 aromatic rings. The molecule has 0 aromatic heterocycles. The molecule has 0 aliphatic heterocycles. The number of nitrogens with one attached hydrogen (secondary N) is 1. The maximum absolute atomic E-state index is 11.5. The van der Waals surface area contributed by atoms with E-state index in [1.807, 2.05) is 18.2 Å². The number of nitrogens with zero attached hydrogens (tertiary/aromatic N) is 1. The van der Waals surface area contributed by atoms with Crippen LogP contribution in [0.2, 0.25) is 0 Å². The lowest BCUT2D eigenvalue weighted by molar-refractivity contribution is 0.536. The van der Waals surface area contributed by atoms with Gasteiger partial charge in [0.15, 0.2) is 0 Å². The molecule has 0 aliphatic rings. The number of hydrogen-bond donors (Lipinski definition) is 2. The van der Waals surface area contributed by atoms with Crippen molar-refractivity contribution < 1.29 is 4.48 Å². The van der Waals surface area contributed by atoms with Crippen LogP contribution in [-0.2, 0) is 0 Å². The van der Waals surface area contributed by atoms with Crippen LogP contribution in [0.4, 0.5) is 10.2 Å². The molecule has 11 heavy (non-hydrogen) atoms. The van der Waals surface area contributed by atoms with Gasteiger partial charge in [0, 0.05) is 5.69 Å². The van der Waals surface area contributed by atoms with Crippen LogP contribution in [0.25, 0.3) is 0 Å². The summed E-state index contributed by atoms with van der Waals surface area (Å²) in [5, 5.41) is 4.81. The van der Waals surface area contributed by atoms with Crippen LogP contribution < -0.4 is 11.1 Å². The lowest BCUT2D eigenvalue weighted by Crippen LogP contribution is -2.21. The van der Waals surface area contributed by atoms with Crippen LogP contribution in [0.3, 0.4) is 0 Å². The number of para-hydroxylation sites is 1. The average Bonchev–Trinajstić information content (AvgIpc) is 2.06. The fourth-order valence-electron chi connectivity index (χ4n) is 0.690. The summed E-state index contributed by atoms with van der Waals surface area (Å²) >= 11 is 0. The minimum atomic E-state index is -0.240. The van der Waals surface area contributed by atoms with E-state index in [1.54, 1.807) is 12.1 Å². The van der Waals surface area contributed by atoms with Crippen LogP contribution >= 0.6 is 0 Å². The molecular formula is C7H8FN3. The highest BCUT2D eigenvalue weighted by Gasteiger charge is 1.90. The van der Waals surface area contributed by atoms with Crippen molar-refractivity contribution in [1.29, 1.82) is 0 Å². The molecule has 0 radical (unpaired) electrons. The first-order valence-corrected chi connectivity index (χ1v) is 3.09. The highest BCUT2D eigenvalue weighted by molar-refractivity contribution is 5.91. The van der Waals surface area contributed by atoms with E-state index in [4.69, 9.17) is 5.73 Å². The molecule has 3 N–H and O–H groups in total. The summed E-state index contributed by atoms with van der Waals surface area (Å²) in [4.78, 5) is 0. The Hall–Kier alpha value is -1.58. The lowest BCUT2D eigenvalue weighted by atomic mass is 10.3. The third-order valence-corrected chi connectivity index (χ3v) is 1.14. The second-order valence-corrected chi connectivity index (χ2v) is 1.96. The van der Waals surface area contributed by atoms with Gasteiger partial charge >= 0.3 is 0 Å². The second-order valence-electron chi connectivity index (χ2n) is 1.96. The van der Waals surface area contributed by atoms with Crippen LogP contribution in [0.15, 0.2) is 35.5 Å². The lowest BCUT2D eigenvalue weighted by Gasteiger charge is -2.00. The molecule has 0 saturated heterocycles. The SMILES string of the molecule is NC(=NF)Nc1ccccc1. The van der Waals surface area contributed by atoms with E-state index in [-0.39, 0.29) is 5.96 Å². The third-order valence-electron chi connectivity index (χ3n) is 1.14. The summed E-state index contributed by atoms with van der Waals surface area (Å²) in [6, 6.07) is 9.01. The predicted molar refractivity (Wildman–Crippen MR) is 42.8 cm³/mol. The van der Waals surface area contributed by atoms with Gasteiger partial charge in [-0.25, -0.2) is 0 Å². The molecule has 0 aliphatic carbocycles. The highest BCUT2D eigenvalue weighted by atomic mass is 19.2. The van der Waals surface area contributed by atoms with Crippen LogP contribution in [0, 0.1) is 0 Å². The van der Waals surface area contributed by atoms with Gasteiger partial charge in [0.2, 0.25) is 5.96 Å². The molecule has 0 unspecified atom stereocenters. The maximum atomic E-state index is 11.5. The zero-order valence-electron chi connectivity index (χ0n) is 5.79. The van der Waals surface area contributed by atoms with Crippen LogP contribution in [0.1, 0.15) is 0 Å². The summed E-state index contributed by atoms with van der Waals surface area (Å²) in [6.07, 6.45) is 0. The molecular weight excluding hydrogens is 145 g/mol. The van der Waals surface area contributed by atoms with Gasteiger partial charge in [0.25, 0.3) is 0 Å². The van der Waals surface area contributed by atoms with E-state index in [1.165, 1.54) is 0 Å². The van der Waals surface area contributed by atoms with Crippen molar-refractivity contribution in [3.63, 3.8) is 0 Å². The van der Waals surface area contributed by atoms with Crippen molar-refractivity contribution >= 4 is 11.6 Å². The number of anilines is 1. The van der Waals surface area contributed by atoms with Crippen molar-refractivity contribution in [2.75, 3.05) is 5.32 Å². The smallest absolute Gasteiger partial charge is 0.228 e. The zero-order valence-corrected chi connectivity index (χ0v) is 5.79. The van der Waals surface area contributed by atoms with E-state index in [0.29, 0.717) is 5.69 Å². The molecule has 0 saturated carbocycles. The van der Waals surface area contributed by atoms with Gasteiger partial charge in [0.05, 0.1) is 0 Å². The molecule has 1 rings (SSSR count). The minimum absolute atomic E-state index is 0.240. The highest BCUT2D eigenvalue weighted by Crippen LogP contribution is 2.03. The second kappa shape index (κ2) is 3.55. The number of guanidine groups is 1. The maximum Gasteiger partial charge on any atom is 0.228 e. The summed E-state index contributed by atoms with van der Waals surface area (Å²) in [6.45, 7) is 0. The number of rotatable bonds is 1. The molecule has 0 atom stereocenters. The summed E-state index contributed by atoms with van der Waals surface area (Å²) < 4.78 is 11.5. The first-order chi connectivity index (χ1) is 5.33. The van der Waals surface area contributed by atoms with Crippen molar-refractivity contribution in [3.8, 4) is 0 Å². The van der Waals surface area contributed by atoms with E-state index in [9.17, 15) is 4.48 Å². The molecule has 1 aromatic carbocycles. The Balaban J connectivity index is 2.65. The largest absolute Gasteiger partial charge is 0.367 e. The number of hydrogen-bond acceptors (Lipinski definition) is 1.